The molecule has 0 N–H and O–H groups in total. The smallest absolute Gasteiger partial charge is 0.348 e. The first-order chi connectivity index (χ1) is 17.6. The molecule has 2 aromatic carbocycles. The van der Waals surface area contributed by atoms with Crippen molar-refractivity contribution in [2.75, 3.05) is 13.2 Å². The summed E-state index contributed by atoms with van der Waals surface area (Å²) in [6, 6.07) is 17.8. The molecule has 2 saturated carbocycles. The third-order valence-electron chi connectivity index (χ3n) is 8.40. The molecule has 0 radical (unpaired) electrons. The molecule has 7 heteroatoms. The molecular weight excluding hydrogens is 507 g/mol. The highest BCUT2D eigenvalue weighted by Crippen LogP contribution is 2.77. The second-order valence-electron chi connectivity index (χ2n) is 11.1. The van der Waals surface area contributed by atoms with Crippen LogP contribution in [0.1, 0.15) is 77.3 Å². The van der Waals surface area contributed by atoms with Crippen LogP contribution in [0.15, 0.2) is 54.6 Å². The predicted molar refractivity (Wildman–Crippen MR) is 148 cm³/mol. The molecule has 0 saturated heterocycles. The molecule has 0 amide bonds. The Balaban J connectivity index is 1.68. The summed E-state index contributed by atoms with van der Waals surface area (Å²) >= 11 is 6.12. The van der Waals surface area contributed by atoms with Gasteiger partial charge in [-0.3, -0.25) is 9.36 Å². The Morgan fingerprint density at radius 3 is 2.24 bits per heavy atom. The molecular formula is C30H40ClO5P. The Bertz CT molecular complexity index is 1110. The van der Waals surface area contributed by atoms with E-state index < -0.39 is 18.7 Å². The lowest BCUT2D eigenvalue weighted by atomic mass is 9.64. The number of hydrogen-bond acceptors (Lipinski definition) is 5. The minimum absolute atomic E-state index is 0.137. The van der Waals surface area contributed by atoms with Gasteiger partial charge in [0.25, 0.3) is 0 Å². The Morgan fingerprint density at radius 2 is 1.65 bits per heavy atom. The Hall–Kier alpha value is -1.65. The van der Waals surface area contributed by atoms with Gasteiger partial charge in [-0.25, -0.2) is 0 Å². The standard InChI is InChI=1S/C30H40ClO5P/c1-6-34-37(33,35-7-2)30(20-26(30)22-14-16-24(31)17-15-22)28(32)36-27-19-21(3)13-18-25(27)29(4,5)23-11-9-8-10-12-23/h8-12,14-17,21,25-27H,6-7,13,18-20H2,1-5H3/t21-,25-,26-,27-,30+/m1/s1. The first kappa shape index (κ1) is 28.4. The molecule has 4 rings (SSSR count). The monoisotopic (exact) mass is 546 g/mol. The fourth-order valence-corrected chi connectivity index (χ4v) is 8.75. The minimum atomic E-state index is -3.81. The quantitative estimate of drug-likeness (QED) is 0.222. The number of carbonyl (C=O) groups is 1. The molecule has 37 heavy (non-hydrogen) atoms. The summed E-state index contributed by atoms with van der Waals surface area (Å²) in [6.45, 7) is 10.6. The van der Waals surface area contributed by atoms with Gasteiger partial charge >= 0.3 is 13.6 Å². The van der Waals surface area contributed by atoms with Crippen LogP contribution >= 0.6 is 19.2 Å². The van der Waals surface area contributed by atoms with Crippen molar-refractivity contribution in [3.8, 4) is 0 Å². The lowest BCUT2D eigenvalue weighted by molar-refractivity contribution is -0.157. The van der Waals surface area contributed by atoms with E-state index in [4.69, 9.17) is 25.4 Å². The van der Waals surface area contributed by atoms with E-state index in [2.05, 4.69) is 45.0 Å². The third kappa shape index (κ3) is 5.43. The normalized spacial score (nSPS) is 28.1. The van der Waals surface area contributed by atoms with Gasteiger partial charge in [0.15, 0.2) is 5.16 Å². The molecule has 0 aromatic heterocycles. The van der Waals surface area contributed by atoms with Crippen molar-refractivity contribution in [3.05, 3.63) is 70.7 Å². The van der Waals surface area contributed by atoms with Crippen LogP contribution in [-0.4, -0.2) is 30.4 Å². The van der Waals surface area contributed by atoms with Crippen LogP contribution < -0.4 is 0 Å². The number of halogens is 1. The molecule has 2 aromatic rings. The highest BCUT2D eigenvalue weighted by atomic mass is 35.5. The van der Waals surface area contributed by atoms with Crippen molar-refractivity contribution in [2.45, 2.75) is 82.9 Å². The number of esters is 1. The molecule has 2 aliphatic rings. The van der Waals surface area contributed by atoms with Gasteiger partial charge in [-0.05, 0) is 67.7 Å². The number of ether oxygens (including phenoxy) is 1. The fraction of sp³-hybridized carbons (Fsp3) is 0.567. The van der Waals surface area contributed by atoms with Gasteiger partial charge < -0.3 is 13.8 Å². The number of hydrogen-bond donors (Lipinski definition) is 0. The van der Waals surface area contributed by atoms with Gasteiger partial charge in [0.2, 0.25) is 0 Å². The average Bonchev–Trinajstić information content (AvgIpc) is 3.63. The number of benzene rings is 2. The van der Waals surface area contributed by atoms with Gasteiger partial charge in [0.05, 0.1) is 13.2 Å². The van der Waals surface area contributed by atoms with Crippen molar-refractivity contribution < 1.29 is 23.1 Å². The summed E-state index contributed by atoms with van der Waals surface area (Å²) in [4.78, 5) is 14.2. The molecule has 0 unspecified atom stereocenters. The van der Waals surface area contributed by atoms with Gasteiger partial charge in [0.1, 0.15) is 6.10 Å². The molecule has 2 aliphatic carbocycles. The number of rotatable bonds is 10. The van der Waals surface area contributed by atoms with Crippen LogP contribution in [0.25, 0.3) is 0 Å². The van der Waals surface area contributed by atoms with Crippen LogP contribution in [-0.2, 0) is 28.6 Å². The Kier molecular flexibility index (Phi) is 8.60. The van der Waals surface area contributed by atoms with E-state index in [1.165, 1.54) is 5.56 Å². The number of carbonyl (C=O) groups excluding carboxylic acids is 1. The van der Waals surface area contributed by atoms with E-state index in [9.17, 15) is 9.36 Å². The molecule has 0 bridgehead atoms. The molecule has 5 atom stereocenters. The van der Waals surface area contributed by atoms with E-state index in [1.807, 2.05) is 18.2 Å². The highest BCUT2D eigenvalue weighted by Gasteiger charge is 2.75. The second-order valence-corrected chi connectivity index (χ2v) is 13.9. The van der Waals surface area contributed by atoms with E-state index in [1.54, 1.807) is 26.0 Å². The maximum Gasteiger partial charge on any atom is 0.348 e. The maximum atomic E-state index is 14.2. The first-order valence-electron chi connectivity index (χ1n) is 13.5. The molecule has 5 nitrogen and oxygen atoms in total. The molecule has 202 valence electrons. The summed E-state index contributed by atoms with van der Waals surface area (Å²) in [7, 11) is -3.81. The summed E-state index contributed by atoms with van der Waals surface area (Å²) in [5, 5.41) is -0.743. The average molecular weight is 547 g/mol. The van der Waals surface area contributed by atoms with E-state index in [0.717, 1.165) is 24.8 Å². The van der Waals surface area contributed by atoms with Crippen molar-refractivity contribution in [1.82, 2.24) is 0 Å². The molecule has 0 aliphatic heterocycles. The molecule has 2 fully saturated rings. The zero-order valence-electron chi connectivity index (χ0n) is 22.6. The Labute approximate surface area is 226 Å². The third-order valence-corrected chi connectivity index (χ3v) is 11.5. The summed E-state index contributed by atoms with van der Waals surface area (Å²) in [5.41, 5.74) is 1.92. The van der Waals surface area contributed by atoms with Crippen LogP contribution in [0.2, 0.25) is 5.02 Å². The van der Waals surface area contributed by atoms with Crippen LogP contribution in [0, 0.1) is 11.8 Å². The lowest BCUT2D eigenvalue weighted by Crippen LogP contribution is -2.45. The fourth-order valence-electron chi connectivity index (χ4n) is 6.19. The predicted octanol–water partition coefficient (Wildman–Crippen LogP) is 8.16. The van der Waals surface area contributed by atoms with Crippen molar-refractivity contribution in [1.29, 1.82) is 0 Å². The molecule has 0 heterocycles. The topological polar surface area (TPSA) is 61.8 Å². The minimum Gasteiger partial charge on any atom is -0.461 e. The maximum absolute atomic E-state index is 14.2. The van der Waals surface area contributed by atoms with Gasteiger partial charge in [-0.15, -0.1) is 0 Å². The van der Waals surface area contributed by atoms with Crippen LogP contribution in [0.3, 0.4) is 0 Å². The summed E-state index contributed by atoms with van der Waals surface area (Å²) < 4.78 is 32.2. The van der Waals surface area contributed by atoms with Gasteiger partial charge in [-0.1, -0.05) is 81.3 Å². The highest BCUT2D eigenvalue weighted by molar-refractivity contribution is 7.57. The SMILES string of the molecule is CCOP(=O)(OCC)[C@@]1(C(=O)O[C@@H]2C[C@H](C)CC[C@H]2C(C)(C)c2ccccc2)C[C@@H]1c1ccc(Cl)cc1. The van der Waals surface area contributed by atoms with E-state index in [0.29, 0.717) is 17.4 Å². The lowest BCUT2D eigenvalue weighted by Gasteiger charge is -2.44. The summed E-state index contributed by atoms with van der Waals surface area (Å²) in [6.07, 6.45) is 2.90. The van der Waals surface area contributed by atoms with E-state index in [-0.39, 0.29) is 36.6 Å². The zero-order valence-corrected chi connectivity index (χ0v) is 24.3. The largest absolute Gasteiger partial charge is 0.461 e. The Morgan fingerprint density at radius 1 is 1.03 bits per heavy atom. The van der Waals surface area contributed by atoms with E-state index >= 15 is 0 Å². The van der Waals surface area contributed by atoms with Gasteiger partial charge in [-0.2, -0.15) is 0 Å². The zero-order chi connectivity index (χ0) is 26.8. The summed E-state index contributed by atoms with van der Waals surface area (Å²) in [5.74, 6) is -0.208. The van der Waals surface area contributed by atoms with Crippen molar-refractivity contribution >= 4 is 25.2 Å². The van der Waals surface area contributed by atoms with Crippen molar-refractivity contribution in [2.24, 2.45) is 11.8 Å². The van der Waals surface area contributed by atoms with Crippen LogP contribution in [0.5, 0.6) is 0 Å². The van der Waals surface area contributed by atoms with Gasteiger partial charge in [0, 0.05) is 16.9 Å². The first-order valence-corrected chi connectivity index (χ1v) is 15.4. The van der Waals surface area contributed by atoms with Crippen molar-refractivity contribution in [3.63, 3.8) is 0 Å². The molecule has 0 spiro atoms. The second kappa shape index (κ2) is 11.2. The van der Waals surface area contributed by atoms with Crippen LogP contribution in [0.4, 0.5) is 0 Å².